The van der Waals surface area contributed by atoms with Crippen LogP contribution in [-0.4, -0.2) is 29.6 Å². The summed E-state index contributed by atoms with van der Waals surface area (Å²) in [5.41, 5.74) is 3.79. The fourth-order valence-corrected chi connectivity index (χ4v) is 4.22. The molecule has 0 bridgehead atoms. The van der Waals surface area contributed by atoms with Crippen molar-refractivity contribution in [2.75, 3.05) is 6.54 Å². The molecule has 0 atom stereocenters. The van der Waals surface area contributed by atoms with Crippen molar-refractivity contribution in [2.45, 2.75) is 38.2 Å². The van der Waals surface area contributed by atoms with Crippen LogP contribution in [0.5, 0.6) is 5.75 Å². The number of carbonyl (C=O) groups excluding carboxylic acids is 1. The SMILES string of the molecule is O=C(O)c1ccc(-c2ccc(CCNC(=O)c3cc(Cl)ccc3OC3CCCC3)cc2)cc1. The van der Waals surface area contributed by atoms with Gasteiger partial charge in [-0.15, -0.1) is 0 Å². The zero-order valence-corrected chi connectivity index (χ0v) is 19.0. The maximum Gasteiger partial charge on any atom is 0.335 e. The summed E-state index contributed by atoms with van der Waals surface area (Å²) in [6.45, 7) is 0.487. The maximum absolute atomic E-state index is 12.8. The Hall–Kier alpha value is -3.31. The Morgan fingerprint density at radius 3 is 2.21 bits per heavy atom. The molecular formula is C27H26ClNO4. The molecule has 0 heterocycles. The molecule has 1 saturated carbocycles. The monoisotopic (exact) mass is 463 g/mol. The molecule has 1 aliphatic carbocycles. The Bertz CT molecular complexity index is 1120. The number of aromatic carboxylic acids is 1. The molecule has 3 aromatic carbocycles. The Kier molecular flexibility index (Phi) is 7.30. The molecule has 2 N–H and O–H groups in total. The maximum atomic E-state index is 12.8. The number of ether oxygens (including phenoxy) is 1. The second-order valence-electron chi connectivity index (χ2n) is 8.25. The van der Waals surface area contributed by atoms with Crippen LogP contribution < -0.4 is 10.1 Å². The van der Waals surface area contributed by atoms with Gasteiger partial charge in [0.15, 0.2) is 0 Å². The molecule has 4 rings (SSSR count). The van der Waals surface area contributed by atoms with E-state index in [1.807, 2.05) is 24.3 Å². The standard InChI is InChI=1S/C27H26ClNO4/c28-22-13-14-25(33-23-3-1-2-4-23)24(17-22)26(30)29-16-15-18-5-7-19(8-6-18)20-9-11-21(12-10-20)27(31)32/h5-14,17,23H,1-4,15-16H2,(H,29,30)(H,31,32). The highest BCUT2D eigenvalue weighted by Crippen LogP contribution is 2.28. The highest BCUT2D eigenvalue weighted by Gasteiger charge is 2.20. The van der Waals surface area contributed by atoms with Crippen LogP contribution >= 0.6 is 11.6 Å². The second kappa shape index (κ2) is 10.5. The number of nitrogens with one attached hydrogen (secondary N) is 1. The Balaban J connectivity index is 1.34. The first-order valence-corrected chi connectivity index (χ1v) is 11.5. The van der Waals surface area contributed by atoms with Gasteiger partial charge in [-0.1, -0.05) is 48.0 Å². The first-order valence-electron chi connectivity index (χ1n) is 11.2. The molecule has 0 aliphatic heterocycles. The molecule has 33 heavy (non-hydrogen) atoms. The quantitative estimate of drug-likeness (QED) is 0.429. The van der Waals surface area contributed by atoms with Crippen molar-refractivity contribution in [1.29, 1.82) is 0 Å². The molecule has 3 aromatic rings. The van der Waals surface area contributed by atoms with Crippen molar-refractivity contribution in [3.05, 3.63) is 88.4 Å². The van der Waals surface area contributed by atoms with Gasteiger partial charge in [-0.2, -0.15) is 0 Å². The van der Waals surface area contributed by atoms with E-state index in [0.29, 0.717) is 29.3 Å². The topological polar surface area (TPSA) is 75.6 Å². The third kappa shape index (κ3) is 5.93. The third-order valence-electron chi connectivity index (χ3n) is 5.90. The van der Waals surface area contributed by atoms with Gasteiger partial charge >= 0.3 is 5.97 Å². The number of rotatable bonds is 8. The van der Waals surface area contributed by atoms with Crippen LogP contribution in [0.3, 0.4) is 0 Å². The molecule has 0 aromatic heterocycles. The van der Waals surface area contributed by atoms with E-state index in [-0.39, 0.29) is 17.6 Å². The lowest BCUT2D eigenvalue weighted by Crippen LogP contribution is -2.26. The van der Waals surface area contributed by atoms with Crippen molar-refractivity contribution >= 4 is 23.5 Å². The van der Waals surface area contributed by atoms with E-state index in [4.69, 9.17) is 21.4 Å². The summed E-state index contributed by atoms with van der Waals surface area (Å²) in [7, 11) is 0. The van der Waals surface area contributed by atoms with Gasteiger partial charge in [-0.25, -0.2) is 4.79 Å². The average Bonchev–Trinajstić information content (AvgIpc) is 3.34. The minimum Gasteiger partial charge on any atom is -0.490 e. The predicted molar refractivity (Wildman–Crippen MR) is 129 cm³/mol. The van der Waals surface area contributed by atoms with E-state index in [1.165, 1.54) is 0 Å². The number of benzene rings is 3. The Labute approximate surface area is 198 Å². The van der Waals surface area contributed by atoms with Crippen molar-refractivity contribution in [1.82, 2.24) is 5.32 Å². The summed E-state index contributed by atoms with van der Waals surface area (Å²) in [6.07, 6.45) is 5.20. The van der Waals surface area contributed by atoms with Gasteiger partial charge in [0, 0.05) is 11.6 Å². The number of carboxylic acids is 1. The number of carbonyl (C=O) groups is 2. The van der Waals surface area contributed by atoms with Gasteiger partial charge in [0.2, 0.25) is 0 Å². The van der Waals surface area contributed by atoms with E-state index in [1.54, 1.807) is 42.5 Å². The highest BCUT2D eigenvalue weighted by atomic mass is 35.5. The second-order valence-corrected chi connectivity index (χ2v) is 8.69. The minimum absolute atomic E-state index is 0.163. The summed E-state index contributed by atoms with van der Waals surface area (Å²) >= 11 is 6.13. The van der Waals surface area contributed by atoms with Gasteiger partial charge in [0.1, 0.15) is 5.75 Å². The molecule has 1 fully saturated rings. The Morgan fingerprint density at radius 1 is 0.939 bits per heavy atom. The summed E-state index contributed by atoms with van der Waals surface area (Å²) < 4.78 is 6.07. The lowest BCUT2D eigenvalue weighted by molar-refractivity contribution is 0.0696. The van der Waals surface area contributed by atoms with E-state index in [0.717, 1.165) is 42.4 Å². The van der Waals surface area contributed by atoms with Crippen molar-refractivity contribution in [2.24, 2.45) is 0 Å². The van der Waals surface area contributed by atoms with Crippen LogP contribution in [0.1, 0.15) is 52.0 Å². The number of halogens is 1. The number of carboxylic acid groups (broad SMARTS) is 1. The van der Waals surface area contributed by atoms with E-state index < -0.39 is 5.97 Å². The van der Waals surface area contributed by atoms with E-state index in [2.05, 4.69) is 5.32 Å². The molecule has 6 heteroatoms. The van der Waals surface area contributed by atoms with Crippen LogP contribution in [-0.2, 0) is 6.42 Å². The molecule has 5 nitrogen and oxygen atoms in total. The summed E-state index contributed by atoms with van der Waals surface area (Å²) in [5.74, 6) is -0.545. The van der Waals surface area contributed by atoms with Crippen LogP contribution in [0.25, 0.3) is 11.1 Å². The smallest absolute Gasteiger partial charge is 0.335 e. The van der Waals surface area contributed by atoms with Crippen LogP contribution in [0.2, 0.25) is 5.02 Å². The van der Waals surface area contributed by atoms with Crippen molar-refractivity contribution in [3.8, 4) is 16.9 Å². The molecule has 0 radical (unpaired) electrons. The number of hydrogen-bond acceptors (Lipinski definition) is 3. The average molecular weight is 464 g/mol. The zero-order chi connectivity index (χ0) is 23.2. The van der Waals surface area contributed by atoms with Crippen LogP contribution in [0.15, 0.2) is 66.7 Å². The van der Waals surface area contributed by atoms with Crippen molar-refractivity contribution < 1.29 is 19.4 Å². The van der Waals surface area contributed by atoms with Crippen molar-refractivity contribution in [3.63, 3.8) is 0 Å². The predicted octanol–water partition coefficient (Wildman–Crippen LogP) is 6.00. The molecular weight excluding hydrogens is 438 g/mol. The summed E-state index contributed by atoms with van der Waals surface area (Å²) in [4.78, 5) is 23.8. The minimum atomic E-state index is -0.936. The summed E-state index contributed by atoms with van der Waals surface area (Å²) in [6, 6.07) is 20.0. The molecule has 0 unspecified atom stereocenters. The van der Waals surface area contributed by atoms with Gasteiger partial charge in [-0.3, -0.25) is 4.79 Å². The van der Waals surface area contributed by atoms with E-state index >= 15 is 0 Å². The lowest BCUT2D eigenvalue weighted by atomic mass is 10.0. The highest BCUT2D eigenvalue weighted by molar-refractivity contribution is 6.31. The normalized spacial score (nSPS) is 13.6. The van der Waals surface area contributed by atoms with Gasteiger partial charge in [0.05, 0.1) is 17.2 Å². The van der Waals surface area contributed by atoms with Gasteiger partial charge < -0.3 is 15.2 Å². The molecule has 0 saturated heterocycles. The number of hydrogen-bond donors (Lipinski definition) is 2. The largest absolute Gasteiger partial charge is 0.490 e. The third-order valence-corrected chi connectivity index (χ3v) is 6.14. The van der Waals surface area contributed by atoms with Gasteiger partial charge in [0.25, 0.3) is 5.91 Å². The molecule has 170 valence electrons. The summed E-state index contributed by atoms with van der Waals surface area (Å²) in [5, 5.41) is 12.5. The van der Waals surface area contributed by atoms with Crippen LogP contribution in [0, 0.1) is 0 Å². The van der Waals surface area contributed by atoms with E-state index in [9.17, 15) is 9.59 Å². The fraction of sp³-hybridized carbons (Fsp3) is 0.259. The molecule has 1 amide bonds. The first kappa shape index (κ1) is 22.9. The van der Waals surface area contributed by atoms with Crippen LogP contribution in [0.4, 0.5) is 0 Å². The molecule has 0 spiro atoms. The number of amides is 1. The zero-order valence-electron chi connectivity index (χ0n) is 18.2. The Morgan fingerprint density at radius 2 is 1.58 bits per heavy atom. The lowest BCUT2D eigenvalue weighted by Gasteiger charge is -2.16. The molecule has 1 aliphatic rings. The van der Waals surface area contributed by atoms with Gasteiger partial charge in [-0.05, 0) is 79.1 Å². The fourth-order valence-electron chi connectivity index (χ4n) is 4.05. The first-order chi connectivity index (χ1) is 16.0.